The van der Waals surface area contributed by atoms with Crippen LogP contribution in [-0.2, 0) is 0 Å². The van der Waals surface area contributed by atoms with Gasteiger partial charge in [0.25, 0.3) is 5.91 Å². The summed E-state index contributed by atoms with van der Waals surface area (Å²) >= 11 is 2.98. The third kappa shape index (κ3) is 3.83. The summed E-state index contributed by atoms with van der Waals surface area (Å²) in [6.07, 6.45) is 4.32. The van der Waals surface area contributed by atoms with Gasteiger partial charge in [0, 0.05) is 22.4 Å². The molecule has 5 N–H and O–H groups in total. The van der Waals surface area contributed by atoms with E-state index in [4.69, 9.17) is 11.5 Å². The summed E-state index contributed by atoms with van der Waals surface area (Å²) in [5.41, 5.74) is 11.7. The van der Waals surface area contributed by atoms with E-state index in [2.05, 4.69) is 10.3 Å². The number of thiophene rings is 1. The molecule has 1 fully saturated rings. The van der Waals surface area contributed by atoms with Crippen LogP contribution < -0.4 is 16.8 Å². The number of nitrogens with one attached hydrogen (secondary N) is 1. The summed E-state index contributed by atoms with van der Waals surface area (Å²) in [5.74, 6) is 1.23. The predicted octanol–water partition coefficient (Wildman–Crippen LogP) is 2.90. The Hall–Kier alpha value is -2.06. The molecule has 0 atom stereocenters. The number of amides is 3. The summed E-state index contributed by atoms with van der Waals surface area (Å²) in [5, 5.41) is 3.74. The van der Waals surface area contributed by atoms with Gasteiger partial charge in [-0.2, -0.15) is 0 Å². The van der Waals surface area contributed by atoms with Crippen LogP contribution in [0.15, 0.2) is 29.4 Å². The van der Waals surface area contributed by atoms with Crippen LogP contribution in [0.3, 0.4) is 0 Å². The van der Waals surface area contributed by atoms with Gasteiger partial charge in [0.15, 0.2) is 0 Å². The van der Waals surface area contributed by atoms with Crippen molar-refractivity contribution < 1.29 is 9.59 Å². The summed E-state index contributed by atoms with van der Waals surface area (Å²) in [7, 11) is 0. The van der Waals surface area contributed by atoms with Crippen molar-refractivity contribution in [2.24, 2.45) is 17.4 Å². The zero-order valence-electron chi connectivity index (χ0n) is 12.2. The molecule has 8 heteroatoms. The highest BCUT2D eigenvalue weighted by Crippen LogP contribution is 2.41. The molecule has 23 heavy (non-hydrogen) atoms. The SMILES string of the molecule is NC(=O)Nc1sc(-c2cccnc2SCC2CC2)cc1C(N)=O. The number of urea groups is 1. The lowest BCUT2D eigenvalue weighted by atomic mass is 10.2. The molecule has 0 aliphatic heterocycles. The Labute approximate surface area is 141 Å². The van der Waals surface area contributed by atoms with Crippen molar-refractivity contribution in [2.45, 2.75) is 17.9 Å². The minimum atomic E-state index is -0.726. The highest BCUT2D eigenvalue weighted by atomic mass is 32.2. The number of rotatable bonds is 6. The summed E-state index contributed by atoms with van der Waals surface area (Å²) < 4.78 is 0. The minimum Gasteiger partial charge on any atom is -0.366 e. The van der Waals surface area contributed by atoms with Crippen molar-refractivity contribution in [3.8, 4) is 10.4 Å². The quantitative estimate of drug-likeness (QED) is 0.697. The third-order valence-corrected chi connectivity index (χ3v) is 5.74. The average Bonchev–Trinajstić information content (AvgIpc) is 3.24. The maximum atomic E-state index is 11.6. The second-order valence-electron chi connectivity index (χ2n) is 5.32. The number of carbonyl (C=O) groups is 2. The highest BCUT2D eigenvalue weighted by molar-refractivity contribution is 7.99. The second kappa shape index (κ2) is 6.59. The van der Waals surface area contributed by atoms with Gasteiger partial charge in [0.05, 0.1) is 5.56 Å². The van der Waals surface area contributed by atoms with E-state index >= 15 is 0 Å². The summed E-state index contributed by atoms with van der Waals surface area (Å²) in [6.45, 7) is 0. The predicted molar refractivity (Wildman–Crippen MR) is 92.7 cm³/mol. The minimum absolute atomic E-state index is 0.255. The molecule has 1 saturated carbocycles. The first-order valence-electron chi connectivity index (χ1n) is 7.13. The first-order chi connectivity index (χ1) is 11.0. The molecule has 3 amide bonds. The number of nitrogens with zero attached hydrogens (tertiary/aromatic N) is 1. The lowest BCUT2D eigenvalue weighted by molar-refractivity contribution is 0.100. The van der Waals surface area contributed by atoms with Crippen molar-refractivity contribution in [1.82, 2.24) is 4.98 Å². The molecule has 3 rings (SSSR count). The molecule has 1 aliphatic carbocycles. The molecule has 2 aromatic rings. The lowest BCUT2D eigenvalue weighted by Crippen LogP contribution is -2.21. The zero-order chi connectivity index (χ0) is 16.4. The first-order valence-corrected chi connectivity index (χ1v) is 8.93. The Morgan fingerprint density at radius 2 is 2.17 bits per heavy atom. The van der Waals surface area contributed by atoms with Crippen LogP contribution in [0.2, 0.25) is 0 Å². The fourth-order valence-corrected chi connectivity index (χ4v) is 4.44. The molecule has 120 valence electrons. The number of pyridine rings is 1. The number of aromatic nitrogens is 1. The van der Waals surface area contributed by atoms with Crippen LogP contribution in [0, 0.1) is 5.92 Å². The van der Waals surface area contributed by atoms with Crippen LogP contribution in [0.25, 0.3) is 10.4 Å². The van der Waals surface area contributed by atoms with Gasteiger partial charge in [-0.05, 0) is 37.0 Å². The maximum absolute atomic E-state index is 11.6. The Kier molecular flexibility index (Phi) is 4.53. The molecule has 0 spiro atoms. The van der Waals surface area contributed by atoms with Gasteiger partial charge in [-0.3, -0.25) is 10.1 Å². The Morgan fingerprint density at radius 3 is 2.83 bits per heavy atom. The number of hydrogen-bond acceptors (Lipinski definition) is 5. The zero-order valence-corrected chi connectivity index (χ0v) is 13.9. The number of primary amides is 2. The largest absolute Gasteiger partial charge is 0.366 e. The third-order valence-electron chi connectivity index (χ3n) is 3.42. The normalized spacial score (nSPS) is 13.7. The van der Waals surface area contributed by atoms with Crippen LogP contribution in [0.4, 0.5) is 9.80 Å². The molecular weight excluding hydrogens is 332 g/mol. The molecule has 6 nitrogen and oxygen atoms in total. The Bertz CT molecular complexity index is 756. The number of anilines is 1. The molecule has 0 radical (unpaired) electrons. The number of carbonyl (C=O) groups excluding carboxylic acids is 2. The summed E-state index contributed by atoms with van der Waals surface area (Å²) in [4.78, 5) is 27.9. The molecule has 2 aromatic heterocycles. The van der Waals surface area contributed by atoms with Gasteiger partial charge in [0.1, 0.15) is 10.0 Å². The molecule has 0 saturated heterocycles. The van der Waals surface area contributed by atoms with Crippen molar-refractivity contribution in [3.63, 3.8) is 0 Å². The van der Waals surface area contributed by atoms with Crippen LogP contribution >= 0.6 is 23.1 Å². The fraction of sp³-hybridized carbons (Fsp3) is 0.267. The van der Waals surface area contributed by atoms with Crippen LogP contribution in [-0.4, -0.2) is 22.7 Å². The number of hydrogen-bond donors (Lipinski definition) is 3. The van der Waals surface area contributed by atoms with E-state index in [1.165, 1.54) is 24.2 Å². The van der Waals surface area contributed by atoms with Crippen molar-refractivity contribution in [3.05, 3.63) is 30.0 Å². The van der Waals surface area contributed by atoms with Gasteiger partial charge in [-0.15, -0.1) is 23.1 Å². The van der Waals surface area contributed by atoms with Crippen molar-refractivity contribution >= 4 is 40.0 Å². The second-order valence-corrected chi connectivity index (χ2v) is 7.38. The monoisotopic (exact) mass is 348 g/mol. The van der Waals surface area contributed by atoms with E-state index in [1.54, 1.807) is 24.0 Å². The van der Waals surface area contributed by atoms with Gasteiger partial charge in [0.2, 0.25) is 0 Å². The van der Waals surface area contributed by atoms with E-state index in [-0.39, 0.29) is 5.56 Å². The standard InChI is InChI=1S/C15H16N4O2S2/c16-12(20)10-6-11(23-14(10)19-15(17)21)9-2-1-5-18-13(9)22-7-8-3-4-8/h1-2,5-6,8H,3-4,7H2,(H2,16,20)(H3,17,19,21). The van der Waals surface area contributed by atoms with E-state index in [0.29, 0.717) is 5.00 Å². The van der Waals surface area contributed by atoms with E-state index in [0.717, 1.165) is 27.1 Å². The summed E-state index contributed by atoms with van der Waals surface area (Å²) in [6, 6.07) is 4.75. The Balaban J connectivity index is 1.94. The molecule has 1 aliphatic rings. The van der Waals surface area contributed by atoms with Gasteiger partial charge in [-0.1, -0.05) is 0 Å². The van der Waals surface area contributed by atoms with Crippen LogP contribution in [0.1, 0.15) is 23.2 Å². The maximum Gasteiger partial charge on any atom is 0.317 e. The first kappa shape index (κ1) is 15.8. The highest BCUT2D eigenvalue weighted by Gasteiger charge is 2.23. The average molecular weight is 348 g/mol. The van der Waals surface area contributed by atoms with E-state index < -0.39 is 11.9 Å². The lowest BCUT2D eigenvalue weighted by Gasteiger charge is -2.05. The molecule has 2 heterocycles. The smallest absolute Gasteiger partial charge is 0.317 e. The van der Waals surface area contributed by atoms with Crippen LogP contribution in [0.5, 0.6) is 0 Å². The van der Waals surface area contributed by atoms with Gasteiger partial charge >= 0.3 is 6.03 Å². The molecule has 0 unspecified atom stereocenters. The van der Waals surface area contributed by atoms with Crippen molar-refractivity contribution in [1.29, 1.82) is 0 Å². The Morgan fingerprint density at radius 1 is 1.39 bits per heavy atom. The molecular formula is C15H16N4O2S2. The van der Waals surface area contributed by atoms with Gasteiger partial charge < -0.3 is 11.5 Å². The topological polar surface area (TPSA) is 111 Å². The van der Waals surface area contributed by atoms with E-state index in [9.17, 15) is 9.59 Å². The fourth-order valence-electron chi connectivity index (χ4n) is 2.09. The number of nitrogens with two attached hydrogens (primary N) is 2. The van der Waals surface area contributed by atoms with E-state index in [1.807, 2.05) is 12.1 Å². The van der Waals surface area contributed by atoms with Gasteiger partial charge in [-0.25, -0.2) is 9.78 Å². The molecule has 0 aromatic carbocycles. The molecule has 0 bridgehead atoms. The number of thioether (sulfide) groups is 1. The van der Waals surface area contributed by atoms with Crippen molar-refractivity contribution in [2.75, 3.05) is 11.1 Å².